The quantitative estimate of drug-likeness (QED) is 0.893. The maximum Gasteiger partial charge on any atom is 0.267 e. The molecule has 1 fully saturated rings. The van der Waals surface area contributed by atoms with Crippen LogP contribution in [-0.4, -0.2) is 35.4 Å². The van der Waals surface area contributed by atoms with Gasteiger partial charge in [-0.2, -0.15) is 0 Å². The highest BCUT2D eigenvalue weighted by molar-refractivity contribution is 9.10. The lowest BCUT2D eigenvalue weighted by atomic mass is 10.1. The van der Waals surface area contributed by atoms with Crippen molar-refractivity contribution < 1.29 is 4.74 Å². The first-order valence-electron chi connectivity index (χ1n) is 5.78. The Hall–Kier alpha value is -0.720. The highest BCUT2D eigenvalue weighted by atomic mass is 79.9. The molecule has 1 aromatic heterocycles. The summed E-state index contributed by atoms with van der Waals surface area (Å²) in [6.45, 7) is 3.08. The standard InChI is InChI=1S/C11H16BrN3O2/c12-10-7-13-8-15(11(10)16)4-3-14-9-1-5-17-6-2-9/h7-9,14H,1-6H2. The number of hydrogen-bond acceptors (Lipinski definition) is 4. The van der Waals surface area contributed by atoms with Crippen molar-refractivity contribution in [3.8, 4) is 0 Å². The number of nitrogens with one attached hydrogen (secondary N) is 1. The molecule has 0 aliphatic carbocycles. The lowest BCUT2D eigenvalue weighted by molar-refractivity contribution is 0.0778. The van der Waals surface area contributed by atoms with Crippen LogP contribution >= 0.6 is 15.9 Å². The van der Waals surface area contributed by atoms with Gasteiger partial charge in [-0.25, -0.2) is 4.98 Å². The fourth-order valence-corrected chi connectivity index (χ4v) is 2.22. The van der Waals surface area contributed by atoms with E-state index >= 15 is 0 Å². The molecule has 0 aromatic carbocycles. The Kier molecular flexibility index (Phi) is 4.70. The summed E-state index contributed by atoms with van der Waals surface area (Å²) in [5, 5.41) is 3.43. The molecular weight excluding hydrogens is 286 g/mol. The third kappa shape index (κ3) is 3.62. The number of halogens is 1. The number of aromatic nitrogens is 2. The first-order chi connectivity index (χ1) is 8.27. The second-order valence-electron chi connectivity index (χ2n) is 4.08. The molecule has 0 amide bonds. The van der Waals surface area contributed by atoms with Gasteiger partial charge in [0.05, 0.1) is 6.33 Å². The Morgan fingerprint density at radius 1 is 1.53 bits per heavy atom. The summed E-state index contributed by atoms with van der Waals surface area (Å²) in [6, 6.07) is 0.513. The van der Waals surface area contributed by atoms with Crippen LogP contribution in [0.1, 0.15) is 12.8 Å². The molecule has 0 saturated carbocycles. The third-order valence-corrected chi connectivity index (χ3v) is 3.41. The smallest absolute Gasteiger partial charge is 0.267 e. The van der Waals surface area contributed by atoms with Crippen LogP contribution in [0.4, 0.5) is 0 Å². The van der Waals surface area contributed by atoms with E-state index in [1.54, 1.807) is 10.9 Å². The second-order valence-corrected chi connectivity index (χ2v) is 4.94. The van der Waals surface area contributed by atoms with E-state index in [2.05, 4.69) is 26.2 Å². The highest BCUT2D eigenvalue weighted by Crippen LogP contribution is 2.05. The molecule has 0 unspecified atom stereocenters. The van der Waals surface area contributed by atoms with Crippen molar-refractivity contribution in [2.24, 2.45) is 0 Å². The minimum atomic E-state index is -0.0335. The van der Waals surface area contributed by atoms with Gasteiger partial charge in [-0.1, -0.05) is 0 Å². The Labute approximate surface area is 108 Å². The third-order valence-electron chi connectivity index (χ3n) is 2.87. The average molecular weight is 302 g/mol. The van der Waals surface area contributed by atoms with Crippen molar-refractivity contribution in [2.45, 2.75) is 25.4 Å². The number of hydrogen-bond donors (Lipinski definition) is 1. The SMILES string of the molecule is O=c1c(Br)cncn1CCNC1CCOCC1. The molecule has 1 aliphatic rings. The van der Waals surface area contributed by atoms with Crippen molar-refractivity contribution in [3.05, 3.63) is 27.4 Å². The monoisotopic (exact) mass is 301 g/mol. The van der Waals surface area contributed by atoms with Crippen molar-refractivity contribution >= 4 is 15.9 Å². The van der Waals surface area contributed by atoms with Crippen molar-refractivity contribution in [3.63, 3.8) is 0 Å². The van der Waals surface area contributed by atoms with E-state index in [0.29, 0.717) is 17.1 Å². The molecule has 2 rings (SSSR count). The Balaban J connectivity index is 1.81. The van der Waals surface area contributed by atoms with Gasteiger partial charge < -0.3 is 10.1 Å². The molecule has 6 heteroatoms. The van der Waals surface area contributed by atoms with Crippen LogP contribution in [-0.2, 0) is 11.3 Å². The lowest BCUT2D eigenvalue weighted by Gasteiger charge is -2.23. The lowest BCUT2D eigenvalue weighted by Crippen LogP contribution is -2.37. The normalized spacial score (nSPS) is 17.2. The summed E-state index contributed by atoms with van der Waals surface area (Å²) in [6.07, 6.45) is 5.18. The van der Waals surface area contributed by atoms with Gasteiger partial charge in [-0.3, -0.25) is 9.36 Å². The number of ether oxygens (including phenoxy) is 1. The Morgan fingerprint density at radius 2 is 2.29 bits per heavy atom. The van der Waals surface area contributed by atoms with Gasteiger partial charge in [-0.15, -0.1) is 0 Å². The van der Waals surface area contributed by atoms with Crippen LogP contribution in [0.3, 0.4) is 0 Å². The van der Waals surface area contributed by atoms with Crippen LogP contribution in [0.5, 0.6) is 0 Å². The zero-order chi connectivity index (χ0) is 12.1. The van der Waals surface area contributed by atoms with E-state index in [4.69, 9.17) is 4.74 Å². The second kappa shape index (κ2) is 6.28. The maximum absolute atomic E-state index is 11.7. The van der Waals surface area contributed by atoms with Crippen LogP contribution in [0.15, 0.2) is 21.8 Å². The average Bonchev–Trinajstić information content (AvgIpc) is 2.36. The zero-order valence-electron chi connectivity index (χ0n) is 9.56. The summed E-state index contributed by atoms with van der Waals surface area (Å²) in [5.74, 6) is 0. The van der Waals surface area contributed by atoms with Crippen LogP contribution in [0, 0.1) is 0 Å². The van der Waals surface area contributed by atoms with Gasteiger partial charge in [0.2, 0.25) is 0 Å². The summed E-state index contributed by atoms with van der Waals surface area (Å²) in [7, 11) is 0. The fourth-order valence-electron chi connectivity index (χ4n) is 1.87. The van der Waals surface area contributed by atoms with E-state index in [9.17, 15) is 4.79 Å². The van der Waals surface area contributed by atoms with Crippen LogP contribution < -0.4 is 10.9 Å². The predicted molar refractivity (Wildman–Crippen MR) is 68.0 cm³/mol. The molecule has 0 bridgehead atoms. The molecule has 0 radical (unpaired) electrons. The molecular formula is C11H16BrN3O2. The molecule has 1 aliphatic heterocycles. The Morgan fingerprint density at radius 3 is 3.06 bits per heavy atom. The summed E-state index contributed by atoms with van der Waals surface area (Å²) in [5.41, 5.74) is -0.0335. The molecule has 0 atom stereocenters. The minimum Gasteiger partial charge on any atom is -0.381 e. The molecule has 5 nitrogen and oxygen atoms in total. The Bertz CT molecular complexity index is 415. The number of rotatable bonds is 4. The topological polar surface area (TPSA) is 56.2 Å². The predicted octanol–water partition coefficient (Wildman–Crippen LogP) is 0.774. The summed E-state index contributed by atoms with van der Waals surface area (Å²) in [4.78, 5) is 15.7. The molecule has 1 saturated heterocycles. The summed E-state index contributed by atoms with van der Waals surface area (Å²) < 4.78 is 7.40. The first kappa shape index (κ1) is 12.7. The molecule has 17 heavy (non-hydrogen) atoms. The summed E-state index contributed by atoms with van der Waals surface area (Å²) >= 11 is 3.18. The van der Waals surface area contributed by atoms with Gasteiger partial charge in [0.25, 0.3) is 5.56 Å². The zero-order valence-corrected chi connectivity index (χ0v) is 11.1. The molecule has 1 aromatic rings. The van der Waals surface area contributed by atoms with Gasteiger partial charge in [-0.05, 0) is 28.8 Å². The molecule has 0 spiro atoms. The maximum atomic E-state index is 11.7. The number of nitrogens with zero attached hydrogens (tertiary/aromatic N) is 2. The van der Waals surface area contributed by atoms with Gasteiger partial charge in [0.15, 0.2) is 0 Å². The van der Waals surface area contributed by atoms with Gasteiger partial charge in [0, 0.05) is 38.5 Å². The van der Waals surface area contributed by atoms with E-state index in [0.717, 1.165) is 32.6 Å². The van der Waals surface area contributed by atoms with E-state index in [1.807, 2.05) is 0 Å². The highest BCUT2D eigenvalue weighted by Gasteiger charge is 2.12. The molecule has 1 N–H and O–H groups in total. The van der Waals surface area contributed by atoms with Crippen molar-refractivity contribution in [1.82, 2.24) is 14.9 Å². The largest absolute Gasteiger partial charge is 0.381 e. The van der Waals surface area contributed by atoms with Crippen LogP contribution in [0.2, 0.25) is 0 Å². The fraction of sp³-hybridized carbons (Fsp3) is 0.636. The van der Waals surface area contributed by atoms with Crippen LogP contribution in [0.25, 0.3) is 0 Å². The van der Waals surface area contributed by atoms with E-state index < -0.39 is 0 Å². The molecule has 94 valence electrons. The minimum absolute atomic E-state index is 0.0335. The van der Waals surface area contributed by atoms with Gasteiger partial charge >= 0.3 is 0 Å². The van der Waals surface area contributed by atoms with Gasteiger partial charge in [0.1, 0.15) is 4.47 Å². The molecule has 2 heterocycles. The van der Waals surface area contributed by atoms with Crippen molar-refractivity contribution in [1.29, 1.82) is 0 Å². The van der Waals surface area contributed by atoms with E-state index in [1.165, 1.54) is 6.20 Å². The van der Waals surface area contributed by atoms with Crippen molar-refractivity contribution in [2.75, 3.05) is 19.8 Å². The van der Waals surface area contributed by atoms with E-state index in [-0.39, 0.29) is 5.56 Å². The first-order valence-corrected chi connectivity index (χ1v) is 6.58.